The number of amides is 2. The topological polar surface area (TPSA) is 71.5 Å². The standard InChI is InChI=1S/C31H21N3O3S/c1-19-11-16-28-25(17-19)24(23-9-5-6-10-27(23)32-28)18-26-29(35)33-31(38)34(30(26)36)20-12-14-22(15-13-20)37-21-7-3-2-4-8-21/h2-18H,1H3,(H,33,35,38). The lowest BCUT2D eigenvalue weighted by molar-refractivity contribution is -0.122. The van der Waals surface area contributed by atoms with E-state index in [2.05, 4.69) is 5.32 Å². The molecule has 2 heterocycles. The summed E-state index contributed by atoms with van der Waals surface area (Å²) >= 11 is 5.39. The van der Waals surface area contributed by atoms with Gasteiger partial charge in [0, 0.05) is 10.8 Å². The normalized spacial score (nSPS) is 14.8. The molecule has 1 fully saturated rings. The van der Waals surface area contributed by atoms with E-state index in [0.717, 1.165) is 32.9 Å². The van der Waals surface area contributed by atoms with Crippen molar-refractivity contribution in [2.75, 3.05) is 4.90 Å². The molecular weight excluding hydrogens is 494 g/mol. The fraction of sp³-hybridized carbons (Fsp3) is 0.0323. The Balaban J connectivity index is 1.41. The number of aromatic nitrogens is 1. The van der Waals surface area contributed by atoms with Gasteiger partial charge >= 0.3 is 0 Å². The summed E-state index contributed by atoms with van der Waals surface area (Å²) in [5.74, 6) is 0.272. The van der Waals surface area contributed by atoms with E-state index in [1.54, 1.807) is 30.3 Å². The zero-order chi connectivity index (χ0) is 26.2. The van der Waals surface area contributed by atoms with Crippen molar-refractivity contribution in [3.05, 3.63) is 114 Å². The molecule has 5 aromatic rings. The molecule has 1 aliphatic heterocycles. The smallest absolute Gasteiger partial charge is 0.270 e. The summed E-state index contributed by atoms with van der Waals surface area (Å²) in [6.07, 6.45) is 1.64. The van der Waals surface area contributed by atoms with Gasteiger partial charge in [-0.2, -0.15) is 0 Å². The minimum Gasteiger partial charge on any atom is -0.457 e. The van der Waals surface area contributed by atoms with Crippen LogP contribution >= 0.6 is 12.2 Å². The van der Waals surface area contributed by atoms with E-state index in [1.807, 2.05) is 79.7 Å². The summed E-state index contributed by atoms with van der Waals surface area (Å²) in [6, 6.07) is 30.0. The minimum atomic E-state index is -0.540. The van der Waals surface area contributed by atoms with Gasteiger partial charge in [0.15, 0.2) is 5.11 Å². The van der Waals surface area contributed by atoms with Crippen molar-refractivity contribution in [2.24, 2.45) is 0 Å². The van der Waals surface area contributed by atoms with Crippen LogP contribution < -0.4 is 15.0 Å². The second kappa shape index (κ2) is 9.53. The maximum Gasteiger partial charge on any atom is 0.270 e. The highest BCUT2D eigenvalue weighted by atomic mass is 32.1. The molecule has 6 rings (SSSR count). The van der Waals surface area contributed by atoms with Crippen LogP contribution in [0.15, 0.2) is 103 Å². The number of hydrogen-bond acceptors (Lipinski definition) is 5. The van der Waals surface area contributed by atoms with Gasteiger partial charge in [0.25, 0.3) is 11.8 Å². The number of ether oxygens (including phenoxy) is 1. The van der Waals surface area contributed by atoms with E-state index in [0.29, 0.717) is 17.2 Å². The first-order chi connectivity index (χ1) is 18.5. The Labute approximate surface area is 224 Å². The van der Waals surface area contributed by atoms with Crippen LogP contribution in [-0.4, -0.2) is 21.9 Å². The van der Waals surface area contributed by atoms with E-state index in [4.69, 9.17) is 21.9 Å². The van der Waals surface area contributed by atoms with Gasteiger partial charge < -0.3 is 4.74 Å². The Kier molecular flexibility index (Phi) is 5.90. The Morgan fingerprint density at radius 2 is 1.50 bits per heavy atom. The van der Waals surface area contributed by atoms with Crippen molar-refractivity contribution in [3.8, 4) is 11.5 Å². The van der Waals surface area contributed by atoms with Gasteiger partial charge in [-0.3, -0.25) is 19.8 Å². The molecule has 1 saturated heterocycles. The zero-order valence-corrected chi connectivity index (χ0v) is 21.2. The number of para-hydroxylation sites is 2. The number of aryl methyl sites for hydroxylation is 1. The molecule has 184 valence electrons. The van der Waals surface area contributed by atoms with Crippen LogP contribution in [0.4, 0.5) is 5.69 Å². The molecular formula is C31H21N3O3S. The fourth-order valence-electron chi connectivity index (χ4n) is 4.52. The largest absolute Gasteiger partial charge is 0.457 e. The molecule has 1 N–H and O–H groups in total. The average Bonchev–Trinajstić information content (AvgIpc) is 2.92. The van der Waals surface area contributed by atoms with Crippen LogP contribution in [0, 0.1) is 6.92 Å². The van der Waals surface area contributed by atoms with Crippen LogP contribution in [0.1, 0.15) is 11.1 Å². The van der Waals surface area contributed by atoms with Gasteiger partial charge in [-0.1, -0.05) is 48.0 Å². The molecule has 7 heteroatoms. The van der Waals surface area contributed by atoms with Crippen LogP contribution in [0.25, 0.3) is 27.9 Å². The number of pyridine rings is 1. The Hall–Kier alpha value is -4.88. The van der Waals surface area contributed by atoms with Crippen molar-refractivity contribution in [1.29, 1.82) is 0 Å². The monoisotopic (exact) mass is 515 g/mol. The van der Waals surface area contributed by atoms with Crippen molar-refractivity contribution in [1.82, 2.24) is 10.3 Å². The molecule has 6 nitrogen and oxygen atoms in total. The third kappa shape index (κ3) is 4.29. The summed E-state index contributed by atoms with van der Waals surface area (Å²) in [7, 11) is 0. The quantitative estimate of drug-likeness (QED) is 0.131. The first-order valence-electron chi connectivity index (χ1n) is 12.0. The van der Waals surface area contributed by atoms with E-state index in [-0.39, 0.29) is 10.7 Å². The number of thiocarbonyl (C=S) groups is 1. The van der Waals surface area contributed by atoms with Crippen LogP contribution in [0.5, 0.6) is 11.5 Å². The van der Waals surface area contributed by atoms with E-state index in [1.165, 1.54) is 4.90 Å². The molecule has 0 spiro atoms. The predicted molar refractivity (Wildman–Crippen MR) is 153 cm³/mol. The highest BCUT2D eigenvalue weighted by molar-refractivity contribution is 7.80. The van der Waals surface area contributed by atoms with Crippen LogP contribution in [0.2, 0.25) is 0 Å². The lowest BCUT2D eigenvalue weighted by Gasteiger charge is -2.29. The number of carbonyl (C=O) groups is 2. The SMILES string of the molecule is Cc1ccc2nc3ccccc3c(C=C3C(=O)NC(=S)N(c4ccc(Oc5ccccc5)cc4)C3=O)c2c1. The highest BCUT2D eigenvalue weighted by Gasteiger charge is 2.34. The lowest BCUT2D eigenvalue weighted by atomic mass is 9.98. The van der Waals surface area contributed by atoms with Crippen molar-refractivity contribution in [2.45, 2.75) is 6.92 Å². The number of anilines is 1. The van der Waals surface area contributed by atoms with Gasteiger partial charge in [0.05, 0.1) is 16.7 Å². The maximum atomic E-state index is 13.7. The number of carbonyl (C=O) groups excluding carboxylic acids is 2. The molecule has 0 radical (unpaired) electrons. The Morgan fingerprint density at radius 1 is 0.816 bits per heavy atom. The third-order valence-electron chi connectivity index (χ3n) is 6.34. The van der Waals surface area contributed by atoms with Gasteiger partial charge in [0.2, 0.25) is 0 Å². The van der Waals surface area contributed by atoms with E-state index < -0.39 is 11.8 Å². The molecule has 0 bridgehead atoms. The third-order valence-corrected chi connectivity index (χ3v) is 6.63. The zero-order valence-electron chi connectivity index (χ0n) is 20.3. The number of nitrogens with one attached hydrogen (secondary N) is 1. The molecule has 4 aromatic carbocycles. The summed E-state index contributed by atoms with van der Waals surface area (Å²) in [5, 5.41) is 4.40. The van der Waals surface area contributed by atoms with E-state index >= 15 is 0 Å². The molecule has 2 amide bonds. The number of hydrogen-bond donors (Lipinski definition) is 1. The Morgan fingerprint density at radius 3 is 2.29 bits per heavy atom. The van der Waals surface area contributed by atoms with Crippen LogP contribution in [-0.2, 0) is 9.59 Å². The fourth-order valence-corrected chi connectivity index (χ4v) is 4.80. The molecule has 1 aromatic heterocycles. The lowest BCUT2D eigenvalue weighted by Crippen LogP contribution is -2.54. The number of benzene rings is 4. The summed E-state index contributed by atoms with van der Waals surface area (Å²) in [5.41, 5.74) is 3.88. The summed E-state index contributed by atoms with van der Waals surface area (Å²) in [4.78, 5) is 32.9. The summed E-state index contributed by atoms with van der Waals surface area (Å²) in [6.45, 7) is 2.00. The first kappa shape index (κ1) is 23.5. The van der Waals surface area contributed by atoms with Gasteiger partial charge in [-0.25, -0.2) is 4.98 Å². The Bertz CT molecular complexity index is 1780. The van der Waals surface area contributed by atoms with Gasteiger partial charge in [-0.05, 0) is 85.4 Å². The van der Waals surface area contributed by atoms with Gasteiger partial charge in [0.1, 0.15) is 17.1 Å². The van der Waals surface area contributed by atoms with Crippen molar-refractivity contribution >= 4 is 62.7 Å². The molecule has 38 heavy (non-hydrogen) atoms. The predicted octanol–water partition coefficient (Wildman–Crippen LogP) is 6.32. The van der Waals surface area contributed by atoms with Crippen LogP contribution in [0.3, 0.4) is 0 Å². The highest BCUT2D eigenvalue weighted by Crippen LogP contribution is 2.31. The maximum absolute atomic E-state index is 13.7. The number of rotatable bonds is 4. The second-order valence-electron chi connectivity index (χ2n) is 8.93. The van der Waals surface area contributed by atoms with Crippen molar-refractivity contribution in [3.63, 3.8) is 0 Å². The number of nitrogens with zero attached hydrogens (tertiary/aromatic N) is 2. The minimum absolute atomic E-state index is 0.0117. The van der Waals surface area contributed by atoms with Gasteiger partial charge in [-0.15, -0.1) is 0 Å². The molecule has 0 unspecified atom stereocenters. The molecule has 0 aliphatic carbocycles. The summed E-state index contributed by atoms with van der Waals surface area (Å²) < 4.78 is 5.86. The molecule has 0 atom stereocenters. The van der Waals surface area contributed by atoms with E-state index in [9.17, 15) is 9.59 Å². The van der Waals surface area contributed by atoms with Crippen molar-refractivity contribution < 1.29 is 14.3 Å². The number of fused-ring (bicyclic) bond motifs is 2. The average molecular weight is 516 g/mol. The second-order valence-corrected chi connectivity index (χ2v) is 9.32. The first-order valence-corrected chi connectivity index (χ1v) is 12.4. The molecule has 1 aliphatic rings. The molecule has 0 saturated carbocycles.